The summed E-state index contributed by atoms with van der Waals surface area (Å²) in [6.07, 6.45) is 6.99. The lowest BCUT2D eigenvalue weighted by atomic mass is 9.75. The van der Waals surface area contributed by atoms with Gasteiger partial charge >= 0.3 is 0 Å². The summed E-state index contributed by atoms with van der Waals surface area (Å²) in [5.41, 5.74) is 0.537. The van der Waals surface area contributed by atoms with Crippen LogP contribution in [0.4, 0.5) is 0 Å². The summed E-state index contributed by atoms with van der Waals surface area (Å²) in [6.45, 7) is 12.7. The first-order chi connectivity index (χ1) is 9.49. The Hall–Kier alpha value is -0.370. The number of carbonyl (C=O) groups is 1. The summed E-state index contributed by atoms with van der Waals surface area (Å²) >= 11 is 0. The van der Waals surface area contributed by atoms with Crippen molar-refractivity contribution < 1.29 is 4.79 Å². The lowest BCUT2D eigenvalue weighted by Gasteiger charge is -2.33. The fourth-order valence-electron chi connectivity index (χ4n) is 4.25. The van der Waals surface area contributed by atoms with Crippen LogP contribution in [0, 0.1) is 23.2 Å². The first-order valence-corrected chi connectivity index (χ1v) is 8.74. The number of hydrogen-bond donors (Lipinski definition) is 0. The average molecular weight is 279 g/mol. The molecular formula is C18H33NO. The van der Waals surface area contributed by atoms with Gasteiger partial charge in [-0.1, -0.05) is 27.7 Å². The molecule has 0 amide bonds. The minimum absolute atomic E-state index is 0.320. The van der Waals surface area contributed by atoms with Crippen LogP contribution in [-0.2, 0) is 4.79 Å². The molecule has 0 radical (unpaired) electrons. The lowest BCUT2D eigenvalue weighted by Crippen LogP contribution is -2.37. The van der Waals surface area contributed by atoms with E-state index in [4.69, 9.17) is 0 Å². The van der Waals surface area contributed by atoms with Crippen LogP contribution in [0.5, 0.6) is 0 Å². The van der Waals surface area contributed by atoms with Crippen LogP contribution in [-0.4, -0.2) is 30.3 Å². The van der Waals surface area contributed by atoms with E-state index >= 15 is 0 Å². The highest BCUT2D eigenvalue weighted by Gasteiger charge is 2.38. The quantitative estimate of drug-likeness (QED) is 0.754. The van der Waals surface area contributed by atoms with E-state index in [0.29, 0.717) is 17.1 Å². The van der Waals surface area contributed by atoms with Gasteiger partial charge in [0.15, 0.2) is 0 Å². The largest absolute Gasteiger partial charge is 0.302 e. The Morgan fingerprint density at radius 2 is 2.00 bits per heavy atom. The van der Waals surface area contributed by atoms with Crippen LogP contribution in [0.1, 0.15) is 66.2 Å². The van der Waals surface area contributed by atoms with E-state index in [1.54, 1.807) is 0 Å². The first-order valence-electron chi connectivity index (χ1n) is 8.74. The smallest absolute Gasteiger partial charge is 0.137 e. The van der Waals surface area contributed by atoms with Crippen molar-refractivity contribution in [1.82, 2.24) is 4.90 Å². The summed E-state index contributed by atoms with van der Waals surface area (Å²) in [4.78, 5) is 14.8. The first kappa shape index (κ1) is 16.0. The Kier molecular flexibility index (Phi) is 5.28. The lowest BCUT2D eigenvalue weighted by molar-refractivity contribution is -0.126. The molecule has 1 saturated carbocycles. The molecule has 2 atom stereocenters. The van der Waals surface area contributed by atoms with Gasteiger partial charge in [-0.15, -0.1) is 0 Å². The van der Waals surface area contributed by atoms with Crippen molar-refractivity contribution in [2.75, 3.05) is 19.6 Å². The number of ketones is 1. The van der Waals surface area contributed by atoms with Crippen molar-refractivity contribution in [1.29, 1.82) is 0 Å². The van der Waals surface area contributed by atoms with Gasteiger partial charge in [0.1, 0.15) is 5.78 Å². The van der Waals surface area contributed by atoms with Crippen molar-refractivity contribution in [3.63, 3.8) is 0 Å². The summed E-state index contributed by atoms with van der Waals surface area (Å²) < 4.78 is 0. The molecule has 0 aromatic heterocycles. The second-order valence-corrected chi connectivity index (χ2v) is 7.63. The molecule has 2 heteroatoms. The van der Waals surface area contributed by atoms with Gasteiger partial charge in [0.05, 0.1) is 0 Å². The topological polar surface area (TPSA) is 20.3 Å². The van der Waals surface area contributed by atoms with Crippen LogP contribution in [0.3, 0.4) is 0 Å². The van der Waals surface area contributed by atoms with Crippen LogP contribution < -0.4 is 0 Å². The molecule has 2 nitrogen and oxygen atoms in total. The Bertz CT molecular complexity index is 332. The molecule has 2 aliphatic rings. The second kappa shape index (κ2) is 6.60. The molecule has 1 saturated heterocycles. The zero-order valence-corrected chi connectivity index (χ0v) is 14.0. The third-order valence-electron chi connectivity index (χ3n) is 6.24. The van der Waals surface area contributed by atoms with Gasteiger partial charge in [-0.2, -0.15) is 0 Å². The molecular weight excluding hydrogens is 246 g/mol. The molecule has 2 rings (SSSR count). The standard InChI is InChI=1S/C18H33NO/c1-5-18(6-2)9-10-19(13-18)12-16-11-15(14(3)4)7-8-17(16)20/h14-16H,5-13H2,1-4H3. The van der Waals surface area contributed by atoms with Crippen molar-refractivity contribution in [2.45, 2.75) is 66.2 Å². The predicted octanol–water partition coefficient (Wildman–Crippen LogP) is 4.14. The van der Waals surface area contributed by atoms with Crippen LogP contribution in [0.2, 0.25) is 0 Å². The molecule has 1 aliphatic carbocycles. The number of Topliss-reactive ketones (excluding diaryl/α,β-unsaturated/α-hetero) is 1. The number of hydrogen-bond acceptors (Lipinski definition) is 2. The Morgan fingerprint density at radius 3 is 2.55 bits per heavy atom. The molecule has 0 aromatic rings. The van der Waals surface area contributed by atoms with Gasteiger partial charge < -0.3 is 4.90 Å². The van der Waals surface area contributed by atoms with E-state index in [1.807, 2.05) is 0 Å². The highest BCUT2D eigenvalue weighted by molar-refractivity contribution is 5.82. The molecule has 1 heterocycles. The molecule has 20 heavy (non-hydrogen) atoms. The molecule has 2 unspecified atom stereocenters. The SMILES string of the molecule is CCC1(CC)CCN(CC2CC(C(C)C)CCC2=O)C1. The molecule has 1 aliphatic heterocycles. The minimum Gasteiger partial charge on any atom is -0.302 e. The number of nitrogens with zero attached hydrogens (tertiary/aromatic N) is 1. The van der Waals surface area contributed by atoms with Gasteiger partial charge in [-0.25, -0.2) is 0 Å². The maximum Gasteiger partial charge on any atom is 0.137 e. The van der Waals surface area contributed by atoms with Crippen molar-refractivity contribution in [3.8, 4) is 0 Å². The zero-order valence-electron chi connectivity index (χ0n) is 14.0. The highest BCUT2D eigenvalue weighted by atomic mass is 16.1. The third kappa shape index (κ3) is 3.44. The van der Waals surface area contributed by atoms with E-state index in [0.717, 1.165) is 37.6 Å². The minimum atomic E-state index is 0.320. The highest BCUT2D eigenvalue weighted by Crippen LogP contribution is 2.38. The van der Waals surface area contributed by atoms with E-state index < -0.39 is 0 Å². The Morgan fingerprint density at radius 1 is 1.30 bits per heavy atom. The maximum atomic E-state index is 12.2. The van der Waals surface area contributed by atoms with E-state index in [9.17, 15) is 4.79 Å². The van der Waals surface area contributed by atoms with Crippen molar-refractivity contribution in [3.05, 3.63) is 0 Å². The van der Waals surface area contributed by atoms with Gasteiger partial charge in [0, 0.05) is 25.4 Å². The van der Waals surface area contributed by atoms with Crippen molar-refractivity contribution in [2.24, 2.45) is 23.2 Å². The summed E-state index contributed by atoms with van der Waals surface area (Å²) in [5.74, 6) is 2.35. The van der Waals surface area contributed by atoms with Crippen molar-refractivity contribution >= 4 is 5.78 Å². The fraction of sp³-hybridized carbons (Fsp3) is 0.944. The second-order valence-electron chi connectivity index (χ2n) is 7.63. The molecule has 0 spiro atoms. The molecule has 116 valence electrons. The fourth-order valence-corrected chi connectivity index (χ4v) is 4.25. The van der Waals surface area contributed by atoms with E-state index in [-0.39, 0.29) is 0 Å². The van der Waals surface area contributed by atoms with E-state index in [2.05, 4.69) is 32.6 Å². The molecule has 0 bridgehead atoms. The van der Waals surface area contributed by atoms with Gasteiger partial charge in [0.2, 0.25) is 0 Å². The molecule has 2 fully saturated rings. The number of carbonyl (C=O) groups excluding carboxylic acids is 1. The monoisotopic (exact) mass is 279 g/mol. The predicted molar refractivity (Wildman–Crippen MR) is 84.7 cm³/mol. The molecule has 0 N–H and O–H groups in total. The summed E-state index contributed by atoms with van der Waals surface area (Å²) in [7, 11) is 0. The summed E-state index contributed by atoms with van der Waals surface area (Å²) in [5, 5.41) is 0. The van der Waals surface area contributed by atoms with Gasteiger partial charge in [-0.3, -0.25) is 4.79 Å². The Balaban J connectivity index is 1.91. The molecule has 0 aromatic carbocycles. The van der Waals surface area contributed by atoms with E-state index in [1.165, 1.54) is 32.4 Å². The summed E-state index contributed by atoms with van der Waals surface area (Å²) in [6, 6.07) is 0. The average Bonchev–Trinajstić information content (AvgIpc) is 2.85. The number of likely N-dealkylation sites (tertiary alicyclic amines) is 1. The van der Waals surface area contributed by atoms with Crippen LogP contribution >= 0.6 is 0 Å². The number of rotatable bonds is 5. The maximum absolute atomic E-state index is 12.2. The Labute approximate surface area is 125 Å². The normalized spacial score (nSPS) is 31.1. The van der Waals surface area contributed by atoms with Gasteiger partial charge in [0.25, 0.3) is 0 Å². The van der Waals surface area contributed by atoms with Crippen LogP contribution in [0.25, 0.3) is 0 Å². The van der Waals surface area contributed by atoms with Crippen LogP contribution in [0.15, 0.2) is 0 Å². The van der Waals surface area contributed by atoms with Gasteiger partial charge in [-0.05, 0) is 55.9 Å². The third-order valence-corrected chi connectivity index (χ3v) is 6.24. The zero-order chi connectivity index (χ0) is 14.8.